The molecule has 1 aliphatic carbocycles. The summed E-state index contributed by atoms with van der Waals surface area (Å²) in [6.07, 6.45) is 6.67. The Morgan fingerprint density at radius 2 is 1.87 bits per heavy atom. The van der Waals surface area contributed by atoms with Gasteiger partial charge in [-0.25, -0.2) is 0 Å². The molecule has 1 aliphatic rings. The third kappa shape index (κ3) is 4.65. The molecule has 88 valence electrons. The van der Waals surface area contributed by atoms with Crippen molar-refractivity contribution in [1.29, 1.82) is 0 Å². The van der Waals surface area contributed by atoms with Crippen LogP contribution in [0.3, 0.4) is 0 Å². The molecule has 15 heavy (non-hydrogen) atoms. The number of rotatable bonds is 5. The van der Waals surface area contributed by atoms with Crippen molar-refractivity contribution in [3.05, 3.63) is 0 Å². The van der Waals surface area contributed by atoms with Crippen molar-refractivity contribution in [2.24, 2.45) is 11.8 Å². The van der Waals surface area contributed by atoms with Gasteiger partial charge in [0.15, 0.2) is 0 Å². The maximum Gasteiger partial charge on any atom is 0.319 e. The monoisotopic (exact) mass is 213 g/mol. The molecule has 0 heterocycles. The van der Waals surface area contributed by atoms with Crippen LogP contribution in [0, 0.1) is 11.8 Å². The Morgan fingerprint density at radius 3 is 2.40 bits per heavy atom. The standard InChI is InChI=1S/C12H23NO2/c1-3-10-4-6-11(7-5-10)8-13-9-12(14)15-2/h10-11,13H,3-9H2,1-2H3. The van der Waals surface area contributed by atoms with E-state index >= 15 is 0 Å². The first kappa shape index (κ1) is 12.5. The molecule has 0 aromatic heterocycles. The lowest BCUT2D eigenvalue weighted by Gasteiger charge is -2.27. The molecule has 1 N–H and O–H groups in total. The highest BCUT2D eigenvalue weighted by Crippen LogP contribution is 2.29. The molecule has 0 aliphatic heterocycles. The normalized spacial score (nSPS) is 26.3. The van der Waals surface area contributed by atoms with E-state index in [1.165, 1.54) is 39.2 Å². The molecule has 0 spiro atoms. The molecule has 0 unspecified atom stereocenters. The molecular formula is C12H23NO2. The van der Waals surface area contributed by atoms with Crippen LogP contribution in [-0.4, -0.2) is 26.2 Å². The Balaban J connectivity index is 2.06. The van der Waals surface area contributed by atoms with E-state index in [9.17, 15) is 4.79 Å². The Kier molecular flexibility index (Phi) is 5.69. The van der Waals surface area contributed by atoms with Gasteiger partial charge in [0.25, 0.3) is 0 Å². The van der Waals surface area contributed by atoms with Gasteiger partial charge < -0.3 is 10.1 Å². The lowest BCUT2D eigenvalue weighted by Crippen LogP contribution is -2.30. The highest BCUT2D eigenvalue weighted by molar-refractivity contribution is 5.71. The van der Waals surface area contributed by atoms with Gasteiger partial charge in [0.05, 0.1) is 13.7 Å². The van der Waals surface area contributed by atoms with Crippen molar-refractivity contribution >= 4 is 5.97 Å². The fourth-order valence-electron chi connectivity index (χ4n) is 2.29. The van der Waals surface area contributed by atoms with E-state index in [0.29, 0.717) is 6.54 Å². The number of esters is 1. The average Bonchev–Trinajstić information content (AvgIpc) is 2.29. The molecule has 0 atom stereocenters. The largest absolute Gasteiger partial charge is 0.468 e. The van der Waals surface area contributed by atoms with E-state index in [-0.39, 0.29) is 5.97 Å². The molecule has 1 saturated carbocycles. The van der Waals surface area contributed by atoms with Crippen LogP contribution < -0.4 is 5.32 Å². The van der Waals surface area contributed by atoms with Crippen molar-refractivity contribution in [3.8, 4) is 0 Å². The molecule has 0 amide bonds. The first-order valence-electron chi connectivity index (χ1n) is 6.03. The quantitative estimate of drug-likeness (QED) is 0.710. The molecule has 0 aromatic rings. The number of carbonyl (C=O) groups excluding carboxylic acids is 1. The van der Waals surface area contributed by atoms with Crippen molar-refractivity contribution in [1.82, 2.24) is 5.32 Å². The summed E-state index contributed by atoms with van der Waals surface area (Å²) in [6.45, 7) is 3.59. The van der Waals surface area contributed by atoms with Crippen LogP contribution in [0.5, 0.6) is 0 Å². The molecule has 0 saturated heterocycles. The van der Waals surface area contributed by atoms with Crippen LogP contribution in [0.2, 0.25) is 0 Å². The summed E-state index contributed by atoms with van der Waals surface area (Å²) in [7, 11) is 1.43. The number of methoxy groups -OCH3 is 1. The fraction of sp³-hybridized carbons (Fsp3) is 0.917. The van der Waals surface area contributed by atoms with Gasteiger partial charge >= 0.3 is 5.97 Å². The number of hydrogen-bond acceptors (Lipinski definition) is 3. The Hall–Kier alpha value is -0.570. The van der Waals surface area contributed by atoms with Crippen molar-refractivity contribution in [3.63, 3.8) is 0 Å². The maximum atomic E-state index is 10.9. The first-order valence-corrected chi connectivity index (χ1v) is 6.03. The smallest absolute Gasteiger partial charge is 0.319 e. The lowest BCUT2D eigenvalue weighted by atomic mass is 9.81. The molecule has 1 rings (SSSR count). The van der Waals surface area contributed by atoms with E-state index < -0.39 is 0 Å². The van der Waals surface area contributed by atoms with Crippen molar-refractivity contribution in [2.45, 2.75) is 39.0 Å². The van der Waals surface area contributed by atoms with Gasteiger partial charge in [-0.1, -0.05) is 26.2 Å². The highest BCUT2D eigenvalue weighted by Gasteiger charge is 2.19. The van der Waals surface area contributed by atoms with Gasteiger partial charge in [-0.15, -0.1) is 0 Å². The Bertz CT molecular complexity index is 186. The summed E-state index contributed by atoms with van der Waals surface area (Å²) in [4.78, 5) is 10.9. The van der Waals surface area contributed by atoms with Crippen LogP contribution in [0.15, 0.2) is 0 Å². The Morgan fingerprint density at radius 1 is 1.27 bits per heavy atom. The number of ether oxygens (including phenoxy) is 1. The maximum absolute atomic E-state index is 10.9. The van der Waals surface area contributed by atoms with Gasteiger partial charge in [0, 0.05) is 0 Å². The van der Waals surface area contributed by atoms with Gasteiger partial charge in [0.1, 0.15) is 0 Å². The van der Waals surface area contributed by atoms with E-state index in [1.807, 2.05) is 0 Å². The van der Waals surface area contributed by atoms with Crippen LogP contribution >= 0.6 is 0 Å². The van der Waals surface area contributed by atoms with E-state index in [1.54, 1.807) is 0 Å². The van der Waals surface area contributed by atoms with Crippen LogP contribution in [0.25, 0.3) is 0 Å². The predicted molar refractivity (Wildman–Crippen MR) is 60.6 cm³/mol. The molecule has 0 aromatic carbocycles. The number of carbonyl (C=O) groups is 1. The van der Waals surface area contributed by atoms with Crippen LogP contribution in [-0.2, 0) is 9.53 Å². The lowest BCUT2D eigenvalue weighted by molar-refractivity contribution is -0.139. The SMILES string of the molecule is CCC1CCC(CNCC(=O)OC)CC1. The summed E-state index contributed by atoms with van der Waals surface area (Å²) in [6, 6.07) is 0. The summed E-state index contributed by atoms with van der Waals surface area (Å²) >= 11 is 0. The minimum absolute atomic E-state index is 0.169. The zero-order valence-electron chi connectivity index (χ0n) is 9.92. The molecule has 1 fully saturated rings. The Labute approximate surface area is 92.6 Å². The zero-order chi connectivity index (χ0) is 11.1. The molecular weight excluding hydrogens is 190 g/mol. The highest BCUT2D eigenvalue weighted by atomic mass is 16.5. The second-order valence-electron chi connectivity index (χ2n) is 4.50. The third-order valence-corrected chi connectivity index (χ3v) is 3.47. The average molecular weight is 213 g/mol. The van der Waals surface area contributed by atoms with Gasteiger partial charge in [-0.3, -0.25) is 4.79 Å². The summed E-state index contributed by atoms with van der Waals surface area (Å²) in [5, 5.41) is 3.16. The van der Waals surface area contributed by atoms with Gasteiger partial charge in [-0.05, 0) is 31.2 Å². The molecule has 0 bridgehead atoms. The second kappa shape index (κ2) is 6.83. The van der Waals surface area contributed by atoms with Gasteiger partial charge in [0.2, 0.25) is 0 Å². The molecule has 0 radical (unpaired) electrons. The summed E-state index contributed by atoms with van der Waals surface area (Å²) < 4.78 is 4.57. The molecule has 3 nitrogen and oxygen atoms in total. The summed E-state index contributed by atoms with van der Waals surface area (Å²) in [5.74, 6) is 1.54. The predicted octanol–water partition coefficient (Wildman–Crippen LogP) is 1.97. The van der Waals surface area contributed by atoms with E-state index in [0.717, 1.165) is 18.4 Å². The van der Waals surface area contributed by atoms with Crippen LogP contribution in [0.4, 0.5) is 0 Å². The number of hydrogen-bond donors (Lipinski definition) is 1. The van der Waals surface area contributed by atoms with Crippen molar-refractivity contribution in [2.75, 3.05) is 20.2 Å². The van der Waals surface area contributed by atoms with E-state index in [2.05, 4.69) is 17.0 Å². The second-order valence-corrected chi connectivity index (χ2v) is 4.50. The minimum atomic E-state index is -0.169. The van der Waals surface area contributed by atoms with E-state index in [4.69, 9.17) is 0 Å². The third-order valence-electron chi connectivity index (χ3n) is 3.47. The van der Waals surface area contributed by atoms with Crippen LogP contribution in [0.1, 0.15) is 39.0 Å². The summed E-state index contributed by atoms with van der Waals surface area (Å²) in [5.41, 5.74) is 0. The zero-order valence-corrected chi connectivity index (χ0v) is 9.92. The minimum Gasteiger partial charge on any atom is -0.468 e. The topological polar surface area (TPSA) is 38.3 Å². The molecule has 3 heteroatoms. The first-order chi connectivity index (χ1) is 7.26. The van der Waals surface area contributed by atoms with Crippen molar-refractivity contribution < 1.29 is 9.53 Å². The fourth-order valence-corrected chi connectivity index (χ4v) is 2.29. The van der Waals surface area contributed by atoms with Gasteiger partial charge in [-0.2, -0.15) is 0 Å². The number of nitrogens with one attached hydrogen (secondary N) is 1.